The monoisotopic (exact) mass is 501 g/mol. The van der Waals surface area contributed by atoms with Gasteiger partial charge in [-0.3, -0.25) is 4.90 Å². The molecule has 1 aromatic carbocycles. The van der Waals surface area contributed by atoms with E-state index >= 15 is 0 Å². The smallest absolute Gasteiger partial charge is 0.158 e. The van der Waals surface area contributed by atoms with Crippen LogP contribution >= 0.6 is 11.6 Å². The normalized spacial score (nSPS) is 29.5. The summed E-state index contributed by atoms with van der Waals surface area (Å²) in [6, 6.07) is 5.09. The summed E-state index contributed by atoms with van der Waals surface area (Å²) in [5.41, 5.74) is 0.941. The Morgan fingerprint density at radius 1 is 1.34 bits per heavy atom. The average Bonchev–Trinajstić information content (AvgIpc) is 3.27. The van der Waals surface area contributed by atoms with Crippen molar-refractivity contribution in [3.63, 3.8) is 0 Å². The number of piperidine rings is 1. The topological polar surface area (TPSA) is 70.5 Å². The van der Waals surface area contributed by atoms with E-state index in [9.17, 15) is 4.39 Å². The molecule has 3 aliphatic heterocycles. The van der Waals surface area contributed by atoms with E-state index in [-0.39, 0.29) is 5.02 Å². The third kappa shape index (κ3) is 4.97. The van der Waals surface area contributed by atoms with Gasteiger partial charge in [0.25, 0.3) is 0 Å². The van der Waals surface area contributed by atoms with Crippen LogP contribution in [0.3, 0.4) is 0 Å². The third-order valence-corrected chi connectivity index (χ3v) is 7.92. The van der Waals surface area contributed by atoms with Crippen molar-refractivity contribution >= 4 is 29.5 Å². The number of halogens is 2. The first kappa shape index (κ1) is 24.3. The highest BCUT2D eigenvalue weighted by Gasteiger charge is 2.42. The quantitative estimate of drug-likeness (QED) is 0.542. The maximum absolute atomic E-state index is 13.6. The standard InChI is InChI=1S/C26H33ClFN5O2/c1-26-14-23(35-11-3-9-33-10-7-17-6-8-29-15-21(17)33)22(34-2)13-24(26)30-16-31-25(26)32-18-4-5-20(28)19(27)12-18/h4-5,12-13,16-17,21,29H,3,6-11,14-15H2,1-2H3,(H,30,31,32). The summed E-state index contributed by atoms with van der Waals surface area (Å²) in [7, 11) is 1.66. The van der Waals surface area contributed by atoms with Gasteiger partial charge in [0.2, 0.25) is 0 Å². The Morgan fingerprint density at radius 3 is 3.06 bits per heavy atom. The Bertz CT molecular complexity index is 1090. The van der Waals surface area contributed by atoms with Crippen LogP contribution in [0.15, 0.2) is 51.5 Å². The van der Waals surface area contributed by atoms with Crippen LogP contribution in [0.4, 0.5) is 10.1 Å². The predicted octanol–water partition coefficient (Wildman–Crippen LogP) is 4.38. The number of hydrogen-bond acceptors (Lipinski definition) is 6. The molecule has 35 heavy (non-hydrogen) atoms. The van der Waals surface area contributed by atoms with Gasteiger partial charge in [-0.25, -0.2) is 14.4 Å². The van der Waals surface area contributed by atoms with Gasteiger partial charge in [-0.2, -0.15) is 0 Å². The number of allylic oxidation sites excluding steroid dienone is 2. The molecule has 0 amide bonds. The maximum atomic E-state index is 13.6. The number of benzene rings is 1. The lowest BCUT2D eigenvalue weighted by molar-refractivity contribution is 0.133. The zero-order valence-corrected chi connectivity index (χ0v) is 21.1. The number of fused-ring (bicyclic) bond motifs is 2. The maximum Gasteiger partial charge on any atom is 0.158 e. The molecule has 0 aromatic heterocycles. The van der Waals surface area contributed by atoms with Gasteiger partial charge >= 0.3 is 0 Å². The van der Waals surface area contributed by atoms with Crippen molar-refractivity contribution in [2.75, 3.05) is 39.9 Å². The number of likely N-dealkylation sites (tertiary alicyclic amines) is 1. The fourth-order valence-electron chi connectivity index (χ4n) is 5.60. The highest BCUT2D eigenvalue weighted by atomic mass is 35.5. The lowest BCUT2D eigenvalue weighted by Gasteiger charge is -2.38. The first-order valence-corrected chi connectivity index (χ1v) is 12.8. The van der Waals surface area contributed by atoms with E-state index in [1.807, 2.05) is 6.08 Å². The number of nitrogens with one attached hydrogen (secondary N) is 2. The summed E-state index contributed by atoms with van der Waals surface area (Å²) in [5.74, 6) is 2.48. The van der Waals surface area contributed by atoms with Crippen LogP contribution in [-0.2, 0) is 9.47 Å². The Hall–Kier alpha value is -2.42. The minimum atomic E-state index is -0.539. The van der Waals surface area contributed by atoms with E-state index in [0.717, 1.165) is 43.4 Å². The minimum Gasteiger partial charge on any atom is -0.494 e. The third-order valence-electron chi connectivity index (χ3n) is 7.63. The molecule has 7 nitrogen and oxygen atoms in total. The molecule has 0 spiro atoms. The molecule has 3 unspecified atom stereocenters. The van der Waals surface area contributed by atoms with Gasteiger partial charge in [0.05, 0.1) is 36.2 Å². The number of hydrogen-bond donors (Lipinski definition) is 2. The molecule has 3 heterocycles. The molecule has 0 radical (unpaired) electrons. The van der Waals surface area contributed by atoms with Gasteiger partial charge < -0.3 is 20.1 Å². The van der Waals surface area contributed by atoms with Crippen LogP contribution in [0.5, 0.6) is 0 Å². The molecule has 5 rings (SSSR count). The van der Waals surface area contributed by atoms with Gasteiger partial charge in [-0.15, -0.1) is 0 Å². The molecule has 0 saturated carbocycles. The molecule has 1 aliphatic carbocycles. The average molecular weight is 502 g/mol. The van der Waals surface area contributed by atoms with Gasteiger partial charge in [0.1, 0.15) is 17.4 Å². The van der Waals surface area contributed by atoms with Crippen molar-refractivity contribution in [2.24, 2.45) is 21.3 Å². The van der Waals surface area contributed by atoms with Gasteiger partial charge in [0, 0.05) is 37.3 Å². The number of nitrogens with zero attached hydrogens (tertiary/aromatic N) is 3. The predicted molar refractivity (Wildman–Crippen MR) is 136 cm³/mol. The molecule has 2 N–H and O–H groups in total. The summed E-state index contributed by atoms with van der Waals surface area (Å²) in [6.45, 7) is 7.18. The summed E-state index contributed by atoms with van der Waals surface area (Å²) >= 11 is 5.96. The zero-order valence-electron chi connectivity index (χ0n) is 20.3. The first-order chi connectivity index (χ1) is 17.0. The number of amidine groups is 1. The van der Waals surface area contributed by atoms with E-state index < -0.39 is 11.2 Å². The summed E-state index contributed by atoms with van der Waals surface area (Å²) in [5, 5.41) is 6.81. The largest absolute Gasteiger partial charge is 0.494 e. The van der Waals surface area contributed by atoms with Crippen molar-refractivity contribution < 1.29 is 13.9 Å². The molecule has 2 saturated heterocycles. The van der Waals surface area contributed by atoms with Gasteiger partial charge in [0.15, 0.2) is 5.76 Å². The number of aliphatic imine (C=N–C) groups is 2. The molecule has 188 valence electrons. The van der Waals surface area contributed by atoms with E-state index in [4.69, 9.17) is 26.1 Å². The van der Waals surface area contributed by atoms with Crippen molar-refractivity contribution in [1.29, 1.82) is 0 Å². The molecular weight excluding hydrogens is 469 g/mol. The molecule has 3 atom stereocenters. The van der Waals surface area contributed by atoms with Crippen LogP contribution in [0.25, 0.3) is 0 Å². The first-order valence-electron chi connectivity index (χ1n) is 12.4. The van der Waals surface area contributed by atoms with Gasteiger partial charge in [-0.1, -0.05) is 11.6 Å². The second-order valence-electron chi connectivity index (χ2n) is 9.84. The van der Waals surface area contributed by atoms with E-state index in [0.29, 0.717) is 36.4 Å². The fraction of sp³-hybridized carbons (Fsp3) is 0.538. The number of rotatable bonds is 7. The minimum absolute atomic E-state index is 0.0354. The van der Waals surface area contributed by atoms with Crippen LogP contribution in [-0.4, -0.2) is 63.0 Å². The van der Waals surface area contributed by atoms with Crippen molar-refractivity contribution in [3.8, 4) is 0 Å². The second-order valence-corrected chi connectivity index (χ2v) is 10.2. The summed E-state index contributed by atoms with van der Waals surface area (Å²) in [6.07, 6.45) is 7.68. The lowest BCUT2D eigenvalue weighted by Crippen LogP contribution is -2.46. The Balaban J connectivity index is 1.26. The second kappa shape index (κ2) is 10.3. The zero-order chi connectivity index (χ0) is 24.4. The SMILES string of the molecule is COC1=C(OCCCN2CCC3CCNCC32)CC2(C)C(=C1)NC=NC2=Nc1ccc(F)c(Cl)c1. The molecule has 0 bridgehead atoms. The molecule has 9 heteroatoms. The van der Waals surface area contributed by atoms with Crippen molar-refractivity contribution in [3.05, 3.63) is 52.3 Å². The van der Waals surface area contributed by atoms with Crippen LogP contribution in [0.1, 0.15) is 32.6 Å². The summed E-state index contributed by atoms with van der Waals surface area (Å²) < 4.78 is 25.6. The van der Waals surface area contributed by atoms with E-state index in [1.165, 1.54) is 31.5 Å². The Labute approximate surface area is 211 Å². The van der Waals surface area contributed by atoms with Crippen LogP contribution < -0.4 is 10.6 Å². The van der Waals surface area contributed by atoms with Crippen molar-refractivity contribution in [1.82, 2.24) is 15.5 Å². The van der Waals surface area contributed by atoms with Gasteiger partial charge in [-0.05, 0) is 63.4 Å². The molecule has 2 fully saturated rings. The Kier molecular flexibility index (Phi) is 7.14. The van der Waals surface area contributed by atoms with E-state index in [1.54, 1.807) is 19.5 Å². The van der Waals surface area contributed by atoms with E-state index in [2.05, 4.69) is 27.4 Å². The number of methoxy groups -OCH3 is 1. The lowest BCUT2D eigenvalue weighted by atomic mass is 9.77. The van der Waals surface area contributed by atoms with Crippen LogP contribution in [0, 0.1) is 17.2 Å². The molecule has 4 aliphatic rings. The Morgan fingerprint density at radius 2 is 2.23 bits per heavy atom. The fourth-order valence-corrected chi connectivity index (χ4v) is 5.78. The van der Waals surface area contributed by atoms with Crippen LogP contribution in [0.2, 0.25) is 5.02 Å². The highest BCUT2D eigenvalue weighted by molar-refractivity contribution is 6.31. The molecular formula is C26H33ClFN5O2. The highest BCUT2D eigenvalue weighted by Crippen LogP contribution is 2.43. The number of ether oxygens (including phenoxy) is 2. The summed E-state index contributed by atoms with van der Waals surface area (Å²) in [4.78, 5) is 11.8. The van der Waals surface area contributed by atoms with Crippen molar-refractivity contribution in [2.45, 2.75) is 38.6 Å². The molecule has 1 aromatic rings.